The molecule has 0 atom stereocenters. The van der Waals surface area contributed by atoms with Crippen LogP contribution in [0, 0.1) is 6.92 Å². The summed E-state index contributed by atoms with van der Waals surface area (Å²) in [6.45, 7) is 9.60. The monoisotopic (exact) mass is 796 g/mol. The van der Waals surface area contributed by atoms with E-state index in [2.05, 4.69) is 13.2 Å². The van der Waals surface area contributed by atoms with E-state index >= 15 is 0 Å². The fourth-order valence-electron chi connectivity index (χ4n) is 5.52. The van der Waals surface area contributed by atoms with E-state index < -0.39 is 41.4 Å². The van der Waals surface area contributed by atoms with E-state index in [9.17, 15) is 32.3 Å². The van der Waals surface area contributed by atoms with Crippen molar-refractivity contribution in [2.75, 3.05) is 26.4 Å². The maximum Gasteiger partial charge on any atom is 0.420 e. The highest BCUT2D eigenvalue weighted by Gasteiger charge is 2.38. The molecule has 0 saturated carbocycles. The van der Waals surface area contributed by atoms with Gasteiger partial charge >= 0.3 is 30.1 Å². The molecule has 0 fully saturated rings. The number of hydrogen-bond donors (Lipinski definition) is 0. The molecule has 3 aromatic carbocycles. The molecule has 13 heteroatoms. The van der Waals surface area contributed by atoms with Crippen LogP contribution in [-0.4, -0.2) is 50.3 Å². The van der Waals surface area contributed by atoms with Crippen LogP contribution in [0.1, 0.15) is 86.5 Å². The number of ether oxygens (including phenoxy) is 6. The zero-order chi connectivity index (χ0) is 41.5. The Morgan fingerprint density at radius 1 is 0.561 bits per heavy atom. The van der Waals surface area contributed by atoms with Crippen molar-refractivity contribution in [3.05, 3.63) is 108 Å². The average Bonchev–Trinajstić information content (AvgIpc) is 3.19. The largest absolute Gasteiger partial charge is 0.494 e. The van der Waals surface area contributed by atoms with Gasteiger partial charge in [0.25, 0.3) is 0 Å². The molecule has 308 valence electrons. The summed E-state index contributed by atoms with van der Waals surface area (Å²) in [5.74, 6) is -2.05. The third-order valence-electron chi connectivity index (χ3n) is 8.63. The van der Waals surface area contributed by atoms with E-state index in [4.69, 9.17) is 28.4 Å². The third-order valence-corrected chi connectivity index (χ3v) is 8.63. The normalized spacial score (nSPS) is 10.9. The minimum absolute atomic E-state index is 0.0784. The van der Waals surface area contributed by atoms with Gasteiger partial charge in [-0.15, -0.1) is 0 Å². The summed E-state index contributed by atoms with van der Waals surface area (Å²) in [6.07, 6.45) is 4.46. The topological polar surface area (TPSA) is 124 Å². The number of carbonyl (C=O) groups excluding carboxylic acids is 4. The average molecular weight is 797 g/mol. The molecule has 3 rings (SSSR count). The molecular formula is C44H51F3O10. The summed E-state index contributed by atoms with van der Waals surface area (Å²) < 4.78 is 74.4. The Morgan fingerprint density at radius 3 is 1.35 bits per heavy atom. The lowest BCUT2D eigenvalue weighted by Crippen LogP contribution is -2.17. The lowest BCUT2D eigenvalue weighted by molar-refractivity contribution is -0.143. The maximum atomic E-state index is 14.2. The number of carbonyl (C=O) groups is 4. The standard InChI is InChI=1S/C44H51F3O10/c1-4-39(48)54-30-12-8-6-10-28-52-35-20-14-33(15-21-35)18-26-41(50)56-37-24-25-38(43(32(37)3)44(45,46)47)57-42(51)27-19-34-16-22-36(23-17-34)53-29-11-7-9-13-31-55-40(49)5-2/h4-5,14-17,20-25H,1-2,6-13,18-19,26-31H2,3H3. The lowest BCUT2D eigenvalue weighted by atomic mass is 10.1. The predicted octanol–water partition coefficient (Wildman–Crippen LogP) is 9.43. The molecular weight excluding hydrogens is 745 g/mol. The Kier molecular flexibility index (Phi) is 19.9. The zero-order valence-corrected chi connectivity index (χ0v) is 32.4. The van der Waals surface area contributed by atoms with Crippen molar-refractivity contribution in [2.45, 2.75) is 90.1 Å². The van der Waals surface area contributed by atoms with Crippen molar-refractivity contribution in [3.63, 3.8) is 0 Å². The van der Waals surface area contributed by atoms with Crippen LogP contribution >= 0.6 is 0 Å². The predicted molar refractivity (Wildman–Crippen MR) is 207 cm³/mol. The highest BCUT2D eigenvalue weighted by Crippen LogP contribution is 2.42. The van der Waals surface area contributed by atoms with Gasteiger partial charge in [0.1, 0.15) is 28.6 Å². The molecule has 3 aromatic rings. The molecule has 0 spiro atoms. The SMILES string of the molecule is C=CC(=O)OCCCCCCOc1ccc(CCC(=O)Oc2ccc(OC(=O)CCc3ccc(OCCCCCCOC(=O)C=C)cc3)c(C(F)(F)F)c2C)cc1. The number of benzene rings is 3. The van der Waals surface area contributed by atoms with Gasteiger partial charge in [-0.2, -0.15) is 13.2 Å². The van der Waals surface area contributed by atoms with Crippen LogP contribution in [0.3, 0.4) is 0 Å². The van der Waals surface area contributed by atoms with Gasteiger partial charge in [0.15, 0.2) is 0 Å². The summed E-state index contributed by atoms with van der Waals surface area (Å²) >= 11 is 0. The first kappa shape index (κ1) is 45.8. The molecule has 0 bridgehead atoms. The van der Waals surface area contributed by atoms with E-state index in [1.165, 1.54) is 6.07 Å². The van der Waals surface area contributed by atoms with E-state index in [1.54, 1.807) is 48.5 Å². The first-order valence-electron chi connectivity index (χ1n) is 19.0. The Labute approximate surface area is 331 Å². The Hall–Kier alpha value is -5.59. The molecule has 0 saturated heterocycles. The number of unbranched alkanes of at least 4 members (excludes halogenated alkanes) is 6. The van der Waals surface area contributed by atoms with Gasteiger partial charge < -0.3 is 28.4 Å². The molecule has 0 aliphatic carbocycles. The van der Waals surface area contributed by atoms with E-state index in [0.717, 1.165) is 87.6 Å². The molecule has 0 aliphatic heterocycles. The van der Waals surface area contributed by atoms with E-state index in [0.29, 0.717) is 44.3 Å². The first-order valence-corrected chi connectivity index (χ1v) is 19.0. The van der Waals surface area contributed by atoms with Gasteiger partial charge in [-0.1, -0.05) is 37.4 Å². The Morgan fingerprint density at radius 2 is 0.947 bits per heavy atom. The zero-order valence-electron chi connectivity index (χ0n) is 32.4. The molecule has 0 N–H and O–H groups in total. The molecule has 0 unspecified atom stereocenters. The van der Waals surface area contributed by atoms with Gasteiger partial charge in [-0.05, 0) is 119 Å². The number of rotatable bonds is 26. The molecule has 0 amide bonds. The van der Waals surface area contributed by atoms with Gasteiger partial charge in [0, 0.05) is 30.6 Å². The van der Waals surface area contributed by atoms with Crippen LogP contribution in [0.4, 0.5) is 13.2 Å². The lowest BCUT2D eigenvalue weighted by Gasteiger charge is -2.18. The Bertz CT molecular complexity index is 1750. The van der Waals surface area contributed by atoms with Crippen molar-refractivity contribution in [1.82, 2.24) is 0 Å². The summed E-state index contributed by atoms with van der Waals surface area (Å²) in [4.78, 5) is 47.4. The number of hydrogen-bond acceptors (Lipinski definition) is 10. The molecule has 10 nitrogen and oxygen atoms in total. The fraction of sp³-hybridized carbons (Fsp3) is 0.409. The van der Waals surface area contributed by atoms with Gasteiger partial charge in [-0.25, -0.2) is 9.59 Å². The highest BCUT2D eigenvalue weighted by atomic mass is 19.4. The highest BCUT2D eigenvalue weighted by molar-refractivity contribution is 5.81. The van der Waals surface area contributed by atoms with Crippen molar-refractivity contribution >= 4 is 23.9 Å². The second-order valence-corrected chi connectivity index (χ2v) is 13.1. The summed E-state index contributed by atoms with van der Waals surface area (Å²) in [7, 11) is 0. The third kappa shape index (κ3) is 17.8. The summed E-state index contributed by atoms with van der Waals surface area (Å²) in [6, 6.07) is 16.4. The first-order chi connectivity index (χ1) is 27.4. The van der Waals surface area contributed by atoms with Crippen LogP contribution < -0.4 is 18.9 Å². The second kappa shape index (κ2) is 24.8. The van der Waals surface area contributed by atoms with Crippen molar-refractivity contribution in [2.24, 2.45) is 0 Å². The smallest absolute Gasteiger partial charge is 0.420 e. The molecule has 57 heavy (non-hydrogen) atoms. The number of alkyl halides is 3. The number of halogens is 3. The van der Waals surface area contributed by atoms with Crippen LogP contribution in [-0.2, 0) is 47.7 Å². The molecule has 0 aliphatic rings. The van der Waals surface area contributed by atoms with Crippen LogP contribution in [0.15, 0.2) is 86.0 Å². The maximum absolute atomic E-state index is 14.2. The minimum Gasteiger partial charge on any atom is -0.494 e. The van der Waals surface area contributed by atoms with E-state index in [1.807, 2.05) is 0 Å². The van der Waals surface area contributed by atoms with Crippen LogP contribution in [0.25, 0.3) is 0 Å². The second-order valence-electron chi connectivity index (χ2n) is 13.1. The Balaban J connectivity index is 1.40. The van der Waals surface area contributed by atoms with Crippen molar-refractivity contribution in [3.8, 4) is 23.0 Å². The van der Waals surface area contributed by atoms with Crippen LogP contribution in [0.5, 0.6) is 23.0 Å². The molecule has 0 aromatic heterocycles. The van der Waals surface area contributed by atoms with Crippen LogP contribution in [0.2, 0.25) is 0 Å². The quantitative estimate of drug-likeness (QED) is 0.0336. The van der Waals surface area contributed by atoms with Crippen molar-refractivity contribution < 1.29 is 60.8 Å². The van der Waals surface area contributed by atoms with E-state index in [-0.39, 0.29) is 30.6 Å². The van der Waals surface area contributed by atoms with Gasteiger partial charge in [0.2, 0.25) is 0 Å². The number of esters is 4. The van der Waals surface area contributed by atoms with Crippen molar-refractivity contribution in [1.29, 1.82) is 0 Å². The molecule has 0 heterocycles. The van der Waals surface area contributed by atoms with Gasteiger partial charge in [-0.3, -0.25) is 9.59 Å². The van der Waals surface area contributed by atoms with Gasteiger partial charge in [0.05, 0.1) is 26.4 Å². The number of aryl methyl sites for hydroxylation is 2. The summed E-state index contributed by atoms with van der Waals surface area (Å²) in [5.41, 5.74) is 0.0298. The minimum atomic E-state index is -4.88. The fourth-order valence-corrected chi connectivity index (χ4v) is 5.52. The molecule has 0 radical (unpaired) electrons. The summed E-state index contributed by atoms with van der Waals surface area (Å²) in [5, 5.41) is 0.